The molecule has 8 nitrogen and oxygen atoms in total. The third-order valence-electron chi connectivity index (χ3n) is 5.14. The van der Waals surface area contributed by atoms with Gasteiger partial charge in [0.1, 0.15) is 5.65 Å². The number of hydrogen-bond acceptors (Lipinski definition) is 6. The van der Waals surface area contributed by atoms with Crippen molar-refractivity contribution in [2.24, 2.45) is 0 Å². The molecule has 0 radical (unpaired) electrons. The molecule has 5 rings (SSSR count). The molecule has 1 amide bonds. The van der Waals surface area contributed by atoms with E-state index in [-0.39, 0.29) is 18.1 Å². The Labute approximate surface area is 183 Å². The molecule has 1 fully saturated rings. The molecule has 158 valence electrons. The summed E-state index contributed by atoms with van der Waals surface area (Å²) in [6.07, 6.45) is 4.33. The maximum atomic E-state index is 12.6. The second-order valence-electron chi connectivity index (χ2n) is 7.28. The van der Waals surface area contributed by atoms with Crippen molar-refractivity contribution in [3.63, 3.8) is 0 Å². The summed E-state index contributed by atoms with van der Waals surface area (Å²) in [5.74, 6) is -0.0423. The molecular formula is C21H19N5O3S2. The Bertz CT molecular complexity index is 1380. The minimum absolute atomic E-state index is 0.133. The van der Waals surface area contributed by atoms with Gasteiger partial charge in [0.2, 0.25) is 15.9 Å². The van der Waals surface area contributed by atoms with Crippen LogP contribution in [0.5, 0.6) is 0 Å². The van der Waals surface area contributed by atoms with Crippen LogP contribution in [-0.4, -0.2) is 41.6 Å². The second-order valence-corrected chi connectivity index (χ2v) is 10.1. The lowest BCUT2D eigenvalue weighted by Gasteiger charge is -2.17. The number of hydrogen-bond donors (Lipinski definition) is 2. The van der Waals surface area contributed by atoms with Crippen molar-refractivity contribution in [3.05, 3.63) is 59.7 Å². The van der Waals surface area contributed by atoms with E-state index in [2.05, 4.69) is 20.3 Å². The van der Waals surface area contributed by atoms with E-state index in [4.69, 9.17) is 0 Å². The Morgan fingerprint density at radius 2 is 2.16 bits per heavy atom. The minimum Gasteiger partial charge on any atom is -0.345 e. The van der Waals surface area contributed by atoms with Crippen molar-refractivity contribution < 1.29 is 13.2 Å². The van der Waals surface area contributed by atoms with Crippen molar-refractivity contribution in [1.82, 2.24) is 15.0 Å². The lowest BCUT2D eigenvalue weighted by Crippen LogP contribution is -2.25. The molecule has 0 spiro atoms. The summed E-state index contributed by atoms with van der Waals surface area (Å²) in [4.78, 5) is 24.5. The number of benzene rings is 1. The van der Waals surface area contributed by atoms with Crippen molar-refractivity contribution >= 4 is 49.1 Å². The van der Waals surface area contributed by atoms with Gasteiger partial charge in [-0.15, -0.1) is 11.3 Å². The maximum Gasteiger partial charge on any atom is 0.235 e. The van der Waals surface area contributed by atoms with Crippen LogP contribution in [0.25, 0.3) is 22.3 Å². The first-order valence-electron chi connectivity index (χ1n) is 9.77. The summed E-state index contributed by atoms with van der Waals surface area (Å²) in [6, 6.07) is 11.0. The van der Waals surface area contributed by atoms with E-state index in [0.29, 0.717) is 23.8 Å². The summed E-state index contributed by atoms with van der Waals surface area (Å²) in [5.41, 5.74) is 3.83. The van der Waals surface area contributed by atoms with E-state index < -0.39 is 10.0 Å². The van der Waals surface area contributed by atoms with Gasteiger partial charge in [0, 0.05) is 35.3 Å². The van der Waals surface area contributed by atoms with E-state index in [1.807, 2.05) is 29.8 Å². The van der Waals surface area contributed by atoms with Crippen LogP contribution in [0, 0.1) is 0 Å². The molecule has 0 saturated carbocycles. The lowest BCUT2D eigenvalue weighted by molar-refractivity contribution is -0.115. The third kappa shape index (κ3) is 3.91. The number of pyridine rings is 1. The van der Waals surface area contributed by atoms with Gasteiger partial charge in [0.15, 0.2) is 5.13 Å². The molecule has 31 heavy (non-hydrogen) atoms. The van der Waals surface area contributed by atoms with Gasteiger partial charge in [-0.05, 0) is 36.2 Å². The third-order valence-corrected chi connectivity index (χ3v) is 7.77. The highest BCUT2D eigenvalue weighted by molar-refractivity contribution is 7.93. The van der Waals surface area contributed by atoms with Crippen molar-refractivity contribution in [3.8, 4) is 11.3 Å². The topological polar surface area (TPSA) is 108 Å². The van der Waals surface area contributed by atoms with E-state index in [0.717, 1.165) is 27.9 Å². The minimum atomic E-state index is -3.25. The number of sulfonamides is 1. The second kappa shape index (κ2) is 7.78. The number of rotatable bonds is 5. The van der Waals surface area contributed by atoms with Gasteiger partial charge >= 0.3 is 0 Å². The average molecular weight is 454 g/mol. The van der Waals surface area contributed by atoms with Crippen LogP contribution in [0.3, 0.4) is 0 Å². The number of nitrogens with one attached hydrogen (secondary N) is 2. The predicted octanol–water partition coefficient (Wildman–Crippen LogP) is 3.41. The summed E-state index contributed by atoms with van der Waals surface area (Å²) in [6.45, 7) is 0.475. The highest BCUT2D eigenvalue weighted by Gasteiger charge is 2.28. The highest BCUT2D eigenvalue weighted by atomic mass is 32.2. The van der Waals surface area contributed by atoms with Crippen LogP contribution in [0.2, 0.25) is 0 Å². The molecule has 4 aromatic rings. The molecule has 0 atom stereocenters. The number of nitrogens with zero attached hydrogens (tertiary/aromatic N) is 3. The molecule has 1 aliphatic rings. The van der Waals surface area contributed by atoms with Gasteiger partial charge in [-0.2, -0.15) is 0 Å². The number of aromatic amines is 1. The van der Waals surface area contributed by atoms with E-state index in [1.165, 1.54) is 15.6 Å². The molecule has 4 heterocycles. The number of H-pyrrole nitrogens is 1. The fourth-order valence-electron chi connectivity index (χ4n) is 3.72. The van der Waals surface area contributed by atoms with Crippen molar-refractivity contribution in [2.45, 2.75) is 12.8 Å². The number of anilines is 2. The first-order valence-corrected chi connectivity index (χ1v) is 12.3. The van der Waals surface area contributed by atoms with Crippen LogP contribution in [0.4, 0.5) is 10.8 Å². The van der Waals surface area contributed by atoms with Gasteiger partial charge < -0.3 is 10.3 Å². The van der Waals surface area contributed by atoms with Gasteiger partial charge in [-0.3, -0.25) is 9.10 Å². The average Bonchev–Trinajstić information content (AvgIpc) is 3.45. The van der Waals surface area contributed by atoms with Crippen LogP contribution < -0.4 is 9.62 Å². The fraction of sp³-hybridized carbons (Fsp3) is 0.190. The summed E-state index contributed by atoms with van der Waals surface area (Å²) in [7, 11) is -3.25. The zero-order valence-corrected chi connectivity index (χ0v) is 18.0. The molecule has 0 bridgehead atoms. The van der Waals surface area contributed by atoms with Crippen LogP contribution in [-0.2, 0) is 21.2 Å². The molecule has 10 heteroatoms. The summed E-state index contributed by atoms with van der Waals surface area (Å²) >= 11 is 1.35. The predicted molar refractivity (Wildman–Crippen MR) is 122 cm³/mol. The highest BCUT2D eigenvalue weighted by Crippen LogP contribution is 2.30. The molecular weight excluding hydrogens is 434 g/mol. The van der Waals surface area contributed by atoms with Crippen LogP contribution in [0.1, 0.15) is 12.0 Å². The number of carbonyl (C=O) groups excluding carboxylic acids is 1. The Kier molecular flexibility index (Phi) is 4.95. The number of thiazole rings is 1. The van der Waals surface area contributed by atoms with E-state index >= 15 is 0 Å². The van der Waals surface area contributed by atoms with E-state index in [9.17, 15) is 13.2 Å². The Balaban J connectivity index is 1.29. The first-order chi connectivity index (χ1) is 15.0. The van der Waals surface area contributed by atoms with Crippen molar-refractivity contribution in [1.29, 1.82) is 0 Å². The molecule has 1 saturated heterocycles. The van der Waals surface area contributed by atoms with Gasteiger partial charge in [0.05, 0.1) is 23.6 Å². The first kappa shape index (κ1) is 19.7. The quantitative estimate of drug-likeness (QED) is 0.481. The molecule has 1 aromatic carbocycles. The molecule has 0 unspecified atom stereocenters. The molecule has 0 aliphatic carbocycles. The van der Waals surface area contributed by atoms with Crippen molar-refractivity contribution in [2.75, 3.05) is 21.9 Å². The monoisotopic (exact) mass is 453 g/mol. The Morgan fingerprint density at radius 3 is 3.00 bits per heavy atom. The number of carbonyl (C=O) groups is 1. The molecule has 1 aliphatic heterocycles. The van der Waals surface area contributed by atoms with Gasteiger partial charge in [0.25, 0.3) is 0 Å². The SMILES string of the molecule is O=C(Cc1cccc(N2CCCS2(=O)=O)c1)Nc1nc(-c2c[nH]c3ncccc23)cs1. The van der Waals surface area contributed by atoms with Crippen LogP contribution >= 0.6 is 11.3 Å². The zero-order chi connectivity index (χ0) is 21.4. The lowest BCUT2D eigenvalue weighted by atomic mass is 10.1. The Morgan fingerprint density at radius 1 is 1.26 bits per heavy atom. The van der Waals surface area contributed by atoms with Gasteiger partial charge in [-0.1, -0.05) is 12.1 Å². The standard InChI is InChI=1S/C21H19N5O3S2/c27-19(11-14-4-1-5-15(10-14)26-8-3-9-31(26,28)29)25-21-24-18(13-30-21)17-12-23-20-16(17)6-2-7-22-20/h1-2,4-7,10,12-13H,3,8-9,11H2,(H,22,23)(H,24,25,27). The largest absolute Gasteiger partial charge is 0.345 e. The number of amides is 1. The zero-order valence-electron chi connectivity index (χ0n) is 16.4. The van der Waals surface area contributed by atoms with E-state index in [1.54, 1.807) is 24.4 Å². The fourth-order valence-corrected chi connectivity index (χ4v) is 6.01. The smallest absolute Gasteiger partial charge is 0.235 e. The number of aromatic nitrogens is 3. The number of fused-ring (bicyclic) bond motifs is 1. The van der Waals surface area contributed by atoms with Crippen LogP contribution in [0.15, 0.2) is 54.2 Å². The van der Waals surface area contributed by atoms with Gasteiger partial charge in [-0.25, -0.2) is 18.4 Å². The maximum absolute atomic E-state index is 12.6. The summed E-state index contributed by atoms with van der Waals surface area (Å²) < 4.78 is 25.7. The Hall–Kier alpha value is -3.24. The summed E-state index contributed by atoms with van der Waals surface area (Å²) in [5, 5.41) is 6.21. The molecule has 2 N–H and O–H groups in total. The normalized spacial score (nSPS) is 15.4. The molecule has 3 aromatic heterocycles.